The highest BCUT2D eigenvalue weighted by molar-refractivity contribution is 7.89. The van der Waals surface area contributed by atoms with Crippen molar-refractivity contribution in [2.75, 3.05) is 20.1 Å². The van der Waals surface area contributed by atoms with Gasteiger partial charge in [-0.15, -0.1) is 0 Å². The molecule has 182 valence electrons. The minimum atomic E-state index is -3.59. The molecular weight excluding hydrogens is 452 g/mol. The minimum absolute atomic E-state index is 0.259. The van der Waals surface area contributed by atoms with Gasteiger partial charge in [-0.25, -0.2) is 8.42 Å². The highest BCUT2D eigenvalue weighted by atomic mass is 32.2. The van der Waals surface area contributed by atoms with Crippen LogP contribution in [-0.4, -0.2) is 55.7 Å². The predicted octanol–water partition coefficient (Wildman–Crippen LogP) is 3.17. The minimum Gasteiger partial charge on any atom is -0.452 e. The SMILES string of the molecule is CC(OC(=O)C1CCN(S(=O)(=O)c2ccc3c(c2)CCC3)CC1)C(=O)N(C)Cc1ccccc1. The maximum absolute atomic E-state index is 13.1. The summed E-state index contributed by atoms with van der Waals surface area (Å²) in [5.74, 6) is -1.13. The number of rotatable bonds is 7. The molecule has 1 unspecified atom stereocenters. The summed E-state index contributed by atoms with van der Waals surface area (Å²) in [7, 11) is -1.91. The largest absolute Gasteiger partial charge is 0.452 e. The summed E-state index contributed by atoms with van der Waals surface area (Å²) >= 11 is 0. The molecule has 0 aromatic heterocycles. The zero-order chi connectivity index (χ0) is 24.3. The lowest BCUT2D eigenvalue weighted by molar-refractivity contribution is -0.163. The van der Waals surface area contributed by atoms with Gasteiger partial charge in [-0.2, -0.15) is 4.31 Å². The van der Waals surface area contributed by atoms with E-state index in [1.807, 2.05) is 36.4 Å². The summed E-state index contributed by atoms with van der Waals surface area (Å²) in [4.78, 5) is 27.2. The number of piperidine rings is 1. The summed E-state index contributed by atoms with van der Waals surface area (Å²) in [6.07, 6.45) is 2.85. The van der Waals surface area contributed by atoms with Crippen LogP contribution in [0.15, 0.2) is 53.4 Å². The highest BCUT2D eigenvalue weighted by Crippen LogP contribution is 2.29. The Hall–Kier alpha value is -2.71. The molecule has 2 aromatic carbocycles. The first-order chi connectivity index (χ1) is 16.3. The number of hydrogen-bond acceptors (Lipinski definition) is 5. The molecule has 1 fully saturated rings. The van der Waals surface area contributed by atoms with Crippen LogP contribution in [-0.2, 0) is 43.7 Å². The zero-order valence-electron chi connectivity index (χ0n) is 19.8. The van der Waals surface area contributed by atoms with Gasteiger partial charge in [0.1, 0.15) is 0 Å². The quantitative estimate of drug-likeness (QED) is 0.564. The van der Waals surface area contributed by atoms with Crippen molar-refractivity contribution in [1.82, 2.24) is 9.21 Å². The molecule has 2 aliphatic rings. The lowest BCUT2D eigenvalue weighted by Gasteiger charge is -2.31. The first-order valence-electron chi connectivity index (χ1n) is 11.9. The molecule has 0 spiro atoms. The van der Waals surface area contributed by atoms with Gasteiger partial charge in [0, 0.05) is 26.7 Å². The normalized spacial score (nSPS) is 17.7. The average molecular weight is 485 g/mol. The molecule has 34 heavy (non-hydrogen) atoms. The van der Waals surface area contributed by atoms with Crippen LogP contribution in [0.5, 0.6) is 0 Å². The Kier molecular flexibility index (Phi) is 7.38. The van der Waals surface area contributed by atoms with E-state index >= 15 is 0 Å². The van der Waals surface area contributed by atoms with Gasteiger partial charge in [0.2, 0.25) is 10.0 Å². The number of amides is 1. The molecule has 0 bridgehead atoms. The molecule has 7 nitrogen and oxygen atoms in total. The molecule has 0 N–H and O–H groups in total. The molecule has 8 heteroatoms. The van der Waals surface area contributed by atoms with Gasteiger partial charge in [0.25, 0.3) is 5.91 Å². The lowest BCUT2D eigenvalue weighted by Crippen LogP contribution is -2.42. The second kappa shape index (κ2) is 10.3. The number of carbonyl (C=O) groups excluding carboxylic acids is 2. The van der Waals surface area contributed by atoms with E-state index in [4.69, 9.17) is 4.74 Å². The van der Waals surface area contributed by atoms with Gasteiger partial charge in [-0.3, -0.25) is 9.59 Å². The number of likely N-dealkylation sites (N-methyl/N-ethyl adjacent to an activating group) is 1. The van der Waals surface area contributed by atoms with Crippen LogP contribution >= 0.6 is 0 Å². The molecule has 0 saturated carbocycles. The van der Waals surface area contributed by atoms with Crippen molar-refractivity contribution < 1.29 is 22.7 Å². The van der Waals surface area contributed by atoms with Crippen molar-refractivity contribution in [2.24, 2.45) is 5.92 Å². The number of sulfonamides is 1. The monoisotopic (exact) mass is 484 g/mol. The summed E-state index contributed by atoms with van der Waals surface area (Å²) in [6, 6.07) is 15.0. The molecule has 1 heterocycles. The van der Waals surface area contributed by atoms with Crippen LogP contribution in [0.1, 0.15) is 42.9 Å². The van der Waals surface area contributed by atoms with Crippen molar-refractivity contribution in [1.29, 1.82) is 0 Å². The summed E-state index contributed by atoms with van der Waals surface area (Å²) in [5.41, 5.74) is 3.35. The number of nitrogens with zero attached hydrogens (tertiary/aromatic N) is 2. The number of benzene rings is 2. The molecule has 1 saturated heterocycles. The highest BCUT2D eigenvalue weighted by Gasteiger charge is 2.34. The van der Waals surface area contributed by atoms with Gasteiger partial charge in [0.05, 0.1) is 10.8 Å². The number of carbonyl (C=O) groups is 2. The van der Waals surface area contributed by atoms with Crippen molar-refractivity contribution >= 4 is 21.9 Å². The maximum atomic E-state index is 13.1. The molecule has 0 radical (unpaired) electrons. The van der Waals surface area contributed by atoms with E-state index in [1.165, 1.54) is 9.87 Å². The van der Waals surface area contributed by atoms with Gasteiger partial charge in [-0.1, -0.05) is 36.4 Å². The van der Waals surface area contributed by atoms with Crippen LogP contribution in [0.3, 0.4) is 0 Å². The van der Waals surface area contributed by atoms with Gasteiger partial charge in [0.15, 0.2) is 6.10 Å². The van der Waals surface area contributed by atoms with E-state index in [2.05, 4.69) is 0 Å². The van der Waals surface area contributed by atoms with Crippen molar-refractivity contribution in [3.8, 4) is 0 Å². The molecule has 2 aromatic rings. The van der Waals surface area contributed by atoms with Crippen LogP contribution in [0.25, 0.3) is 0 Å². The van der Waals surface area contributed by atoms with E-state index in [1.54, 1.807) is 31.0 Å². The maximum Gasteiger partial charge on any atom is 0.309 e. The number of aryl methyl sites for hydroxylation is 2. The molecule has 4 rings (SSSR count). The Morgan fingerprint density at radius 3 is 2.44 bits per heavy atom. The zero-order valence-corrected chi connectivity index (χ0v) is 20.6. The fourth-order valence-corrected chi connectivity index (χ4v) is 6.28. The first kappa shape index (κ1) is 24.4. The summed E-state index contributed by atoms with van der Waals surface area (Å²) in [6.45, 7) is 2.53. The Labute approximate surface area is 201 Å². The second-order valence-electron chi connectivity index (χ2n) is 9.22. The van der Waals surface area contributed by atoms with Gasteiger partial charge in [-0.05, 0) is 67.9 Å². The third kappa shape index (κ3) is 5.33. The van der Waals surface area contributed by atoms with Crippen LogP contribution in [0.2, 0.25) is 0 Å². The Bertz CT molecular complexity index is 1140. The van der Waals surface area contributed by atoms with Gasteiger partial charge >= 0.3 is 5.97 Å². The van der Waals surface area contributed by atoms with E-state index in [-0.39, 0.29) is 19.0 Å². The number of fused-ring (bicyclic) bond motifs is 1. The van der Waals surface area contributed by atoms with Crippen molar-refractivity contribution in [3.63, 3.8) is 0 Å². The molecule has 1 atom stereocenters. The average Bonchev–Trinajstić information content (AvgIpc) is 3.32. The number of hydrogen-bond donors (Lipinski definition) is 0. The summed E-state index contributed by atoms with van der Waals surface area (Å²) in [5, 5.41) is 0. The van der Waals surface area contributed by atoms with Gasteiger partial charge < -0.3 is 9.64 Å². The standard InChI is InChI=1S/C26H32N2O5S/c1-19(25(29)27(2)18-20-7-4-3-5-8-20)33-26(30)22-13-15-28(16-14-22)34(31,32)24-12-11-21-9-6-10-23(21)17-24/h3-5,7-8,11-12,17,19,22H,6,9-10,13-16,18H2,1-2H3. The molecular formula is C26H32N2O5S. The molecule has 1 aliphatic carbocycles. The third-order valence-corrected chi connectivity index (χ3v) is 8.67. The van der Waals surface area contributed by atoms with Crippen molar-refractivity contribution in [2.45, 2.75) is 56.6 Å². The second-order valence-corrected chi connectivity index (χ2v) is 11.2. The molecule has 1 amide bonds. The van der Waals surface area contributed by atoms with E-state index in [9.17, 15) is 18.0 Å². The van der Waals surface area contributed by atoms with E-state index in [0.29, 0.717) is 24.3 Å². The third-order valence-electron chi connectivity index (χ3n) is 6.77. The summed E-state index contributed by atoms with van der Waals surface area (Å²) < 4.78 is 33.2. The first-order valence-corrected chi connectivity index (χ1v) is 13.3. The van der Waals surface area contributed by atoms with Crippen LogP contribution < -0.4 is 0 Å². The molecule has 1 aliphatic heterocycles. The number of ether oxygens (including phenoxy) is 1. The topological polar surface area (TPSA) is 84.0 Å². The predicted molar refractivity (Wildman–Crippen MR) is 128 cm³/mol. The van der Waals surface area contributed by atoms with Crippen molar-refractivity contribution in [3.05, 3.63) is 65.2 Å². The fraction of sp³-hybridized carbons (Fsp3) is 0.462. The lowest BCUT2D eigenvalue weighted by atomic mass is 9.98. The Morgan fingerprint density at radius 2 is 1.74 bits per heavy atom. The van der Waals surface area contributed by atoms with Crippen LogP contribution in [0.4, 0.5) is 0 Å². The van der Waals surface area contributed by atoms with E-state index < -0.39 is 28.0 Å². The number of esters is 1. The van der Waals surface area contributed by atoms with Crippen LogP contribution in [0, 0.1) is 5.92 Å². The Morgan fingerprint density at radius 1 is 1.06 bits per heavy atom. The Balaban J connectivity index is 1.29. The van der Waals surface area contributed by atoms with E-state index in [0.717, 1.165) is 30.4 Å². The smallest absolute Gasteiger partial charge is 0.309 e. The fourth-order valence-electron chi connectivity index (χ4n) is 4.76.